The molecule has 6 atom stereocenters. The molecule has 0 radical (unpaired) electrons. The molecular formula is C26H35F5O4. The summed E-state index contributed by atoms with van der Waals surface area (Å²) in [6.07, 6.45) is -0.155. The molecule has 6 rings (SSSR count). The Morgan fingerprint density at radius 2 is 1.63 bits per heavy atom. The van der Waals surface area contributed by atoms with E-state index in [1.807, 2.05) is 6.08 Å². The first-order chi connectivity index (χ1) is 16.1. The Bertz CT molecular complexity index is 952. The van der Waals surface area contributed by atoms with Gasteiger partial charge < -0.3 is 19.3 Å². The first-order valence-corrected chi connectivity index (χ1v) is 12.9. The lowest BCUT2D eigenvalue weighted by Crippen LogP contribution is -2.64. The fourth-order valence-corrected chi connectivity index (χ4v) is 8.56. The Morgan fingerprint density at radius 1 is 0.943 bits per heavy atom. The van der Waals surface area contributed by atoms with E-state index in [4.69, 9.17) is 14.2 Å². The number of allylic oxidation sites excluding steroid dienone is 1. The van der Waals surface area contributed by atoms with E-state index in [2.05, 4.69) is 13.8 Å². The van der Waals surface area contributed by atoms with Gasteiger partial charge in [-0.3, -0.25) is 0 Å². The fraction of sp³-hybridized carbons (Fsp3) is 0.923. The SMILES string of the molecule is CC1(C)COC2(CC[C@]34O[C@]3(CCC[C@H]3C4=CC[C@@]4(C)[C@H]3CC[C@@]4(O)C(F)(F)C(F)(F)F)C2)OC1. The molecule has 1 spiro atoms. The second-order valence-electron chi connectivity index (χ2n) is 13.1. The minimum atomic E-state index is -5.80. The number of hydrogen-bond donors (Lipinski definition) is 1. The highest BCUT2D eigenvalue weighted by atomic mass is 19.4. The van der Waals surface area contributed by atoms with Crippen LogP contribution >= 0.6 is 0 Å². The van der Waals surface area contributed by atoms with Crippen molar-refractivity contribution >= 4 is 0 Å². The molecule has 0 bridgehead atoms. The predicted molar refractivity (Wildman–Crippen MR) is 116 cm³/mol. The summed E-state index contributed by atoms with van der Waals surface area (Å²) in [7, 11) is 0. The van der Waals surface area contributed by atoms with Crippen molar-refractivity contribution in [2.24, 2.45) is 22.7 Å². The topological polar surface area (TPSA) is 51.2 Å². The molecule has 0 aromatic carbocycles. The van der Waals surface area contributed by atoms with Gasteiger partial charge in [-0.1, -0.05) is 26.8 Å². The number of fused-ring (bicyclic) bond motifs is 3. The third-order valence-corrected chi connectivity index (χ3v) is 10.6. The number of alkyl halides is 5. The van der Waals surface area contributed by atoms with Crippen molar-refractivity contribution in [3.8, 4) is 0 Å². The Hall–Kier alpha value is -0.770. The second kappa shape index (κ2) is 6.80. The van der Waals surface area contributed by atoms with Crippen LogP contribution < -0.4 is 0 Å². The molecule has 0 unspecified atom stereocenters. The summed E-state index contributed by atoms with van der Waals surface area (Å²) < 4.78 is 88.7. The molecule has 0 aromatic rings. The smallest absolute Gasteiger partial charge is 0.383 e. The molecule has 198 valence electrons. The van der Waals surface area contributed by atoms with Gasteiger partial charge in [0.25, 0.3) is 0 Å². The number of halogens is 5. The third-order valence-electron chi connectivity index (χ3n) is 10.6. The zero-order valence-corrected chi connectivity index (χ0v) is 20.6. The molecule has 2 heterocycles. The Balaban J connectivity index is 1.32. The van der Waals surface area contributed by atoms with E-state index in [0.29, 0.717) is 38.9 Å². The predicted octanol–water partition coefficient (Wildman–Crippen LogP) is 5.92. The molecule has 4 nitrogen and oxygen atoms in total. The van der Waals surface area contributed by atoms with Gasteiger partial charge in [-0.05, 0) is 62.4 Å². The average Bonchev–Trinajstić information content (AvgIpc) is 3.36. The van der Waals surface area contributed by atoms with E-state index in [0.717, 1.165) is 18.4 Å². The lowest BCUT2D eigenvalue weighted by molar-refractivity contribution is -0.360. The lowest BCUT2D eigenvalue weighted by Gasteiger charge is -2.52. The highest BCUT2D eigenvalue weighted by molar-refractivity contribution is 5.42. The summed E-state index contributed by atoms with van der Waals surface area (Å²) in [6.45, 7) is 6.85. The first-order valence-electron chi connectivity index (χ1n) is 12.9. The molecule has 4 aliphatic carbocycles. The van der Waals surface area contributed by atoms with Crippen molar-refractivity contribution in [3.05, 3.63) is 11.6 Å². The van der Waals surface area contributed by atoms with Crippen molar-refractivity contribution in [1.82, 2.24) is 0 Å². The molecule has 5 fully saturated rings. The molecule has 35 heavy (non-hydrogen) atoms. The van der Waals surface area contributed by atoms with Crippen molar-refractivity contribution in [2.45, 2.75) is 113 Å². The van der Waals surface area contributed by atoms with Gasteiger partial charge in [0, 0.05) is 23.7 Å². The molecule has 3 saturated carbocycles. The Labute approximate surface area is 202 Å². The minimum Gasteiger partial charge on any atom is -0.383 e. The van der Waals surface area contributed by atoms with E-state index in [-0.39, 0.29) is 24.2 Å². The molecule has 2 saturated heterocycles. The van der Waals surface area contributed by atoms with Gasteiger partial charge in [0.1, 0.15) is 16.8 Å². The maximum Gasteiger partial charge on any atom is 0.456 e. The van der Waals surface area contributed by atoms with Crippen LogP contribution in [-0.2, 0) is 14.2 Å². The van der Waals surface area contributed by atoms with Gasteiger partial charge in [-0.15, -0.1) is 0 Å². The number of hydrogen-bond acceptors (Lipinski definition) is 4. The highest BCUT2D eigenvalue weighted by Gasteiger charge is 2.81. The van der Waals surface area contributed by atoms with Gasteiger partial charge in [-0.2, -0.15) is 22.0 Å². The summed E-state index contributed by atoms with van der Waals surface area (Å²) in [4.78, 5) is 0. The van der Waals surface area contributed by atoms with Crippen LogP contribution in [0.1, 0.15) is 78.6 Å². The van der Waals surface area contributed by atoms with Crippen molar-refractivity contribution in [1.29, 1.82) is 0 Å². The molecule has 0 aromatic heterocycles. The monoisotopic (exact) mass is 506 g/mol. The average molecular weight is 507 g/mol. The fourth-order valence-electron chi connectivity index (χ4n) is 8.56. The molecule has 6 aliphatic rings. The van der Waals surface area contributed by atoms with Gasteiger partial charge >= 0.3 is 12.1 Å². The number of epoxide rings is 1. The van der Waals surface area contributed by atoms with E-state index >= 15 is 0 Å². The summed E-state index contributed by atoms with van der Waals surface area (Å²) >= 11 is 0. The van der Waals surface area contributed by atoms with Crippen LogP contribution in [0.3, 0.4) is 0 Å². The van der Waals surface area contributed by atoms with Crippen molar-refractivity contribution in [3.63, 3.8) is 0 Å². The first kappa shape index (κ1) is 24.6. The third kappa shape index (κ3) is 2.93. The molecule has 9 heteroatoms. The van der Waals surface area contributed by atoms with Gasteiger partial charge in [-0.25, -0.2) is 0 Å². The molecule has 2 aliphatic heterocycles. The lowest BCUT2D eigenvalue weighted by atomic mass is 9.56. The summed E-state index contributed by atoms with van der Waals surface area (Å²) in [5.74, 6) is -6.47. The van der Waals surface area contributed by atoms with Crippen LogP contribution in [0.4, 0.5) is 22.0 Å². The summed E-state index contributed by atoms with van der Waals surface area (Å²) in [5.41, 5.74) is -4.63. The van der Waals surface area contributed by atoms with E-state index in [1.54, 1.807) is 0 Å². The maximum absolute atomic E-state index is 14.7. The Kier molecular flexibility index (Phi) is 4.77. The van der Waals surface area contributed by atoms with Gasteiger partial charge in [0.05, 0.1) is 13.2 Å². The molecule has 0 amide bonds. The van der Waals surface area contributed by atoms with Crippen LogP contribution in [-0.4, -0.2) is 53.0 Å². The maximum atomic E-state index is 14.7. The van der Waals surface area contributed by atoms with Crippen LogP contribution in [0.5, 0.6) is 0 Å². The second-order valence-corrected chi connectivity index (χ2v) is 13.1. The standard InChI is InChI=1S/C26H35F5O4/c1-19(2)14-33-22(34-15-19)11-12-23-18-6-9-20(3)17(16(18)5-4-8-21(23,13-22)35-23)7-10-24(20,32)25(27,28)26(29,30)31/h6,16-17,32H,4-5,7-15H2,1-3H3/t16-,17+,20+,21-,23-,24+/m1/s1. The quantitative estimate of drug-likeness (QED) is 0.272. The van der Waals surface area contributed by atoms with Crippen LogP contribution in [0, 0.1) is 22.7 Å². The molecular weight excluding hydrogens is 471 g/mol. The number of aliphatic hydroxyl groups is 1. The highest BCUT2D eigenvalue weighted by Crippen LogP contribution is 2.74. The summed E-state index contributed by atoms with van der Waals surface area (Å²) in [6, 6.07) is 0. The minimum absolute atomic E-state index is 0.0147. The van der Waals surface area contributed by atoms with Crippen molar-refractivity contribution in [2.75, 3.05) is 13.2 Å². The normalized spacial score (nSPS) is 48.2. The zero-order chi connectivity index (χ0) is 25.3. The molecule has 1 N–H and O–H groups in total. The summed E-state index contributed by atoms with van der Waals surface area (Å²) in [5, 5.41) is 11.0. The van der Waals surface area contributed by atoms with Gasteiger partial charge in [0.15, 0.2) is 5.79 Å². The van der Waals surface area contributed by atoms with E-state index in [9.17, 15) is 27.1 Å². The Morgan fingerprint density at radius 3 is 2.29 bits per heavy atom. The largest absolute Gasteiger partial charge is 0.456 e. The van der Waals surface area contributed by atoms with E-state index in [1.165, 1.54) is 6.92 Å². The van der Waals surface area contributed by atoms with Crippen LogP contribution in [0.15, 0.2) is 11.6 Å². The number of rotatable bonds is 1. The van der Waals surface area contributed by atoms with Crippen molar-refractivity contribution < 1.29 is 41.3 Å². The van der Waals surface area contributed by atoms with Gasteiger partial charge in [0.2, 0.25) is 0 Å². The van der Waals surface area contributed by atoms with Crippen LogP contribution in [0.2, 0.25) is 0 Å². The van der Waals surface area contributed by atoms with E-state index < -0.39 is 52.4 Å². The van der Waals surface area contributed by atoms with Crippen LogP contribution in [0.25, 0.3) is 0 Å². The zero-order valence-electron chi connectivity index (χ0n) is 20.6. The number of ether oxygens (including phenoxy) is 3.